The lowest BCUT2D eigenvalue weighted by Crippen LogP contribution is -2.35. The molecule has 1 aliphatic rings. The first kappa shape index (κ1) is 25.9. The van der Waals surface area contributed by atoms with E-state index in [1.165, 1.54) is 28.7 Å². The second kappa shape index (κ2) is 10.6. The van der Waals surface area contributed by atoms with Gasteiger partial charge in [-0.25, -0.2) is 9.78 Å². The number of aromatic nitrogens is 3. The molecule has 1 saturated heterocycles. The maximum absolute atomic E-state index is 13.6. The largest absolute Gasteiger partial charge is 0.462 e. The van der Waals surface area contributed by atoms with Crippen molar-refractivity contribution in [2.75, 3.05) is 13.2 Å². The maximum Gasteiger partial charge on any atom is 0.341 e. The van der Waals surface area contributed by atoms with E-state index in [1.807, 2.05) is 13.0 Å². The lowest BCUT2D eigenvalue weighted by Gasteiger charge is -2.18. The van der Waals surface area contributed by atoms with Gasteiger partial charge < -0.3 is 14.0 Å². The SMILES string of the molecule is CCOC(=O)c1cc2c(=O)n3cccc(C)c3nc2n(CC2CCCO2)c1=NC(=O)c1cccc([N+](=O)[O-])c1. The maximum atomic E-state index is 13.6. The fourth-order valence-electron chi connectivity index (χ4n) is 4.64. The van der Waals surface area contributed by atoms with Gasteiger partial charge in [0.15, 0.2) is 5.49 Å². The molecule has 1 atom stereocenters. The highest BCUT2D eigenvalue weighted by Gasteiger charge is 2.24. The average Bonchev–Trinajstić information content (AvgIpc) is 3.44. The van der Waals surface area contributed by atoms with Crippen LogP contribution >= 0.6 is 0 Å². The number of nitrogens with zero attached hydrogens (tertiary/aromatic N) is 5. The molecule has 1 aromatic carbocycles. The summed E-state index contributed by atoms with van der Waals surface area (Å²) in [6, 6.07) is 10.0. The first-order valence-electron chi connectivity index (χ1n) is 12.5. The third-order valence-electron chi connectivity index (χ3n) is 6.52. The number of carbonyl (C=O) groups excluding carboxylic acids is 2. The molecule has 0 radical (unpaired) electrons. The molecule has 1 unspecified atom stereocenters. The molecule has 12 nitrogen and oxygen atoms in total. The number of benzene rings is 1. The molecule has 4 heterocycles. The van der Waals surface area contributed by atoms with Crippen molar-refractivity contribution in [3.63, 3.8) is 0 Å². The molecule has 4 aromatic rings. The lowest BCUT2D eigenvalue weighted by molar-refractivity contribution is -0.384. The lowest BCUT2D eigenvalue weighted by atomic mass is 10.1. The van der Waals surface area contributed by atoms with Crippen LogP contribution in [-0.2, 0) is 16.0 Å². The van der Waals surface area contributed by atoms with Crippen LogP contribution < -0.4 is 11.0 Å². The molecule has 5 rings (SSSR count). The van der Waals surface area contributed by atoms with Crippen LogP contribution in [0.25, 0.3) is 16.7 Å². The number of fused-ring (bicyclic) bond motifs is 2. The van der Waals surface area contributed by atoms with E-state index in [9.17, 15) is 24.5 Å². The van der Waals surface area contributed by atoms with E-state index < -0.39 is 22.4 Å². The Morgan fingerprint density at radius 1 is 1.23 bits per heavy atom. The van der Waals surface area contributed by atoms with E-state index >= 15 is 0 Å². The molecule has 12 heteroatoms. The van der Waals surface area contributed by atoms with Crippen molar-refractivity contribution >= 4 is 34.2 Å². The Kier molecular flexibility index (Phi) is 7.03. The Morgan fingerprint density at radius 2 is 2.05 bits per heavy atom. The second-order valence-electron chi connectivity index (χ2n) is 9.11. The third-order valence-corrected chi connectivity index (χ3v) is 6.52. The van der Waals surface area contributed by atoms with Crippen molar-refractivity contribution in [1.29, 1.82) is 0 Å². The van der Waals surface area contributed by atoms with Crippen LogP contribution in [0.3, 0.4) is 0 Å². The van der Waals surface area contributed by atoms with E-state index in [2.05, 4.69) is 4.99 Å². The van der Waals surface area contributed by atoms with Crippen LogP contribution in [0.1, 0.15) is 46.0 Å². The first-order valence-corrected chi connectivity index (χ1v) is 12.5. The van der Waals surface area contributed by atoms with E-state index in [0.717, 1.165) is 24.5 Å². The van der Waals surface area contributed by atoms with Gasteiger partial charge in [0.2, 0.25) is 0 Å². The molecule has 1 amide bonds. The normalized spacial score (nSPS) is 15.6. The van der Waals surface area contributed by atoms with E-state index in [4.69, 9.17) is 14.5 Å². The number of nitro benzene ring substituents is 1. The summed E-state index contributed by atoms with van der Waals surface area (Å²) in [5, 5.41) is 11.4. The summed E-state index contributed by atoms with van der Waals surface area (Å²) in [5.41, 5.74) is 0.502. The number of amides is 1. The van der Waals surface area contributed by atoms with Gasteiger partial charge in [-0.05, 0) is 50.5 Å². The van der Waals surface area contributed by atoms with Crippen molar-refractivity contribution in [1.82, 2.24) is 14.0 Å². The molecule has 200 valence electrons. The zero-order chi connectivity index (χ0) is 27.7. The van der Waals surface area contributed by atoms with Crippen molar-refractivity contribution in [3.8, 4) is 0 Å². The van der Waals surface area contributed by atoms with Gasteiger partial charge in [0.1, 0.15) is 16.9 Å². The molecule has 0 bridgehead atoms. The van der Waals surface area contributed by atoms with Crippen LogP contribution in [0, 0.1) is 17.0 Å². The number of rotatable bonds is 6. The number of non-ortho nitro benzene ring substituents is 1. The van der Waals surface area contributed by atoms with Crippen molar-refractivity contribution in [2.45, 2.75) is 39.3 Å². The van der Waals surface area contributed by atoms with Gasteiger partial charge in [-0.1, -0.05) is 12.1 Å². The number of nitro groups is 1. The summed E-state index contributed by atoms with van der Waals surface area (Å²) >= 11 is 0. The average molecular weight is 532 g/mol. The number of ether oxygens (including phenoxy) is 2. The molecular formula is C27H25N5O7. The van der Waals surface area contributed by atoms with Gasteiger partial charge >= 0.3 is 5.97 Å². The summed E-state index contributed by atoms with van der Waals surface area (Å²) < 4.78 is 14.0. The minimum Gasteiger partial charge on any atom is -0.462 e. The number of esters is 1. The molecule has 0 aliphatic carbocycles. The van der Waals surface area contributed by atoms with Crippen LogP contribution in [0.4, 0.5) is 5.69 Å². The fourth-order valence-corrected chi connectivity index (χ4v) is 4.64. The second-order valence-corrected chi connectivity index (χ2v) is 9.11. The van der Waals surface area contributed by atoms with Crippen LogP contribution in [0.2, 0.25) is 0 Å². The summed E-state index contributed by atoms with van der Waals surface area (Å²) in [6.07, 6.45) is 2.88. The highest BCUT2D eigenvalue weighted by molar-refractivity contribution is 5.97. The van der Waals surface area contributed by atoms with Crippen LogP contribution in [0.5, 0.6) is 0 Å². The summed E-state index contributed by atoms with van der Waals surface area (Å²) in [7, 11) is 0. The Bertz CT molecular complexity index is 1770. The molecule has 0 spiro atoms. The standard InChI is InChI=1S/C27H25N5O7/c1-3-38-27(35)21-14-20-23(28-22-16(2)7-5-11-30(22)26(20)34)31(15-19-10-6-12-39-19)24(21)29-25(33)17-8-4-9-18(13-17)32(36)37/h4-5,7-9,11,13-14,19H,3,6,10,12,15H2,1-2H3. The Labute approximate surface area is 221 Å². The highest BCUT2D eigenvalue weighted by atomic mass is 16.6. The summed E-state index contributed by atoms with van der Waals surface area (Å²) in [6.45, 7) is 4.23. The van der Waals surface area contributed by atoms with Gasteiger partial charge in [-0.2, -0.15) is 4.99 Å². The van der Waals surface area contributed by atoms with Gasteiger partial charge in [0, 0.05) is 30.5 Å². The van der Waals surface area contributed by atoms with E-state index in [1.54, 1.807) is 23.8 Å². The number of aryl methyl sites for hydroxylation is 1. The Morgan fingerprint density at radius 3 is 2.77 bits per heavy atom. The van der Waals surface area contributed by atoms with E-state index in [-0.39, 0.29) is 52.6 Å². The monoisotopic (exact) mass is 531 g/mol. The topological polar surface area (TPSA) is 147 Å². The van der Waals surface area contributed by atoms with Crippen molar-refractivity contribution in [2.24, 2.45) is 4.99 Å². The van der Waals surface area contributed by atoms with Crippen molar-refractivity contribution in [3.05, 3.63) is 91.3 Å². The van der Waals surface area contributed by atoms with Crippen LogP contribution in [0.15, 0.2) is 58.4 Å². The van der Waals surface area contributed by atoms with Gasteiger partial charge in [-0.15, -0.1) is 0 Å². The Hall–Kier alpha value is -4.71. The predicted molar refractivity (Wildman–Crippen MR) is 140 cm³/mol. The van der Waals surface area contributed by atoms with Gasteiger partial charge in [0.05, 0.1) is 29.6 Å². The number of carbonyl (C=O) groups is 2. The fraction of sp³-hybridized carbons (Fsp3) is 0.296. The minimum absolute atomic E-state index is 0.0369. The highest BCUT2D eigenvalue weighted by Crippen LogP contribution is 2.19. The predicted octanol–water partition coefficient (Wildman–Crippen LogP) is 2.96. The van der Waals surface area contributed by atoms with Gasteiger partial charge in [0.25, 0.3) is 17.2 Å². The Balaban J connectivity index is 1.86. The third kappa shape index (κ3) is 4.93. The molecule has 1 aliphatic heterocycles. The molecule has 1 fully saturated rings. The number of pyridine rings is 2. The zero-order valence-corrected chi connectivity index (χ0v) is 21.3. The molecule has 0 saturated carbocycles. The zero-order valence-electron chi connectivity index (χ0n) is 21.3. The van der Waals surface area contributed by atoms with Crippen LogP contribution in [-0.4, -0.2) is 50.1 Å². The number of hydrogen-bond acceptors (Lipinski definition) is 8. The van der Waals surface area contributed by atoms with Crippen molar-refractivity contribution < 1.29 is 24.0 Å². The van der Waals surface area contributed by atoms with E-state index in [0.29, 0.717) is 12.3 Å². The number of hydrogen-bond donors (Lipinski definition) is 0. The molecule has 39 heavy (non-hydrogen) atoms. The smallest absolute Gasteiger partial charge is 0.341 e. The minimum atomic E-state index is -0.807. The molecular weight excluding hydrogens is 506 g/mol. The quantitative estimate of drug-likeness (QED) is 0.160. The summed E-state index contributed by atoms with van der Waals surface area (Å²) in [4.78, 5) is 59.7. The molecule has 3 aromatic heterocycles. The summed E-state index contributed by atoms with van der Waals surface area (Å²) in [5.74, 6) is -1.58. The first-order chi connectivity index (χ1) is 18.8. The van der Waals surface area contributed by atoms with Gasteiger partial charge in [-0.3, -0.25) is 24.1 Å². The molecule has 0 N–H and O–H groups in total.